The summed E-state index contributed by atoms with van der Waals surface area (Å²) in [6.07, 6.45) is 52.5. The molecule has 0 atom stereocenters. The number of nitrogens with zero attached hydrogens (tertiary/aromatic N) is 2. The fraction of sp³-hybridized carbons (Fsp3) is 0.981. The van der Waals surface area contributed by atoms with E-state index in [0.29, 0.717) is 13.0 Å². The van der Waals surface area contributed by atoms with Crippen LogP contribution >= 0.6 is 0 Å². The fourth-order valence-electron chi connectivity index (χ4n) is 9.00. The quantitative estimate of drug-likeness (QED) is 0.0453. The van der Waals surface area contributed by atoms with Gasteiger partial charge in [0.05, 0.1) is 6.61 Å². The van der Waals surface area contributed by atoms with Crippen LogP contribution in [0.15, 0.2) is 0 Å². The van der Waals surface area contributed by atoms with Crippen LogP contribution in [0.1, 0.15) is 278 Å². The molecule has 0 heterocycles. The molecule has 0 saturated carbocycles. The van der Waals surface area contributed by atoms with Crippen molar-refractivity contribution in [2.24, 2.45) is 11.8 Å². The Kier molecular flexibility index (Phi) is 46.0. The molecule has 0 spiro atoms. The Morgan fingerprint density at radius 1 is 0.368 bits per heavy atom. The van der Waals surface area contributed by atoms with E-state index in [1.54, 1.807) is 0 Å². The lowest BCUT2D eigenvalue weighted by molar-refractivity contribution is -0.144. The first-order valence-electron chi connectivity index (χ1n) is 26.5. The number of unbranched alkanes of at least 4 members (excludes halogenated alkanes) is 24. The molecule has 0 aliphatic carbocycles. The molecule has 342 valence electrons. The monoisotopic (exact) mass is 805 g/mol. The number of carbonyl (C=O) groups is 1. The highest BCUT2D eigenvalue weighted by Gasteiger charge is 2.11. The Bertz CT molecular complexity index is 748. The second kappa shape index (κ2) is 46.5. The van der Waals surface area contributed by atoms with Gasteiger partial charge in [-0.15, -0.1) is 0 Å². The van der Waals surface area contributed by atoms with E-state index in [9.17, 15) is 4.79 Å². The Labute approximate surface area is 361 Å². The van der Waals surface area contributed by atoms with Gasteiger partial charge >= 0.3 is 5.97 Å². The van der Waals surface area contributed by atoms with E-state index in [-0.39, 0.29) is 5.97 Å². The summed E-state index contributed by atoms with van der Waals surface area (Å²) in [5.41, 5.74) is 0. The molecule has 4 nitrogen and oxygen atoms in total. The minimum atomic E-state index is 0.0338. The zero-order valence-corrected chi connectivity index (χ0v) is 40.5. The molecule has 0 amide bonds. The van der Waals surface area contributed by atoms with Crippen molar-refractivity contribution < 1.29 is 9.53 Å². The first kappa shape index (κ1) is 56.4. The van der Waals surface area contributed by atoms with Gasteiger partial charge in [0.25, 0.3) is 0 Å². The molecule has 0 N–H and O–H groups in total. The molecule has 0 rings (SSSR count). The number of hydrogen-bond acceptors (Lipinski definition) is 4. The van der Waals surface area contributed by atoms with Gasteiger partial charge in [0, 0.05) is 6.42 Å². The van der Waals surface area contributed by atoms with Crippen LogP contribution in [-0.2, 0) is 9.53 Å². The average Bonchev–Trinajstić information content (AvgIpc) is 3.20. The maximum atomic E-state index is 12.4. The van der Waals surface area contributed by atoms with Crippen molar-refractivity contribution in [1.82, 2.24) is 9.80 Å². The molecular weight excluding hydrogens is 697 g/mol. The normalized spacial score (nSPS) is 12.0. The van der Waals surface area contributed by atoms with Gasteiger partial charge < -0.3 is 14.5 Å². The maximum absolute atomic E-state index is 12.4. The van der Waals surface area contributed by atoms with Crippen LogP contribution in [0.5, 0.6) is 0 Å². The highest BCUT2D eigenvalue weighted by molar-refractivity contribution is 5.69. The summed E-state index contributed by atoms with van der Waals surface area (Å²) < 4.78 is 5.68. The van der Waals surface area contributed by atoms with Crippen molar-refractivity contribution >= 4 is 5.97 Å². The lowest BCUT2D eigenvalue weighted by Gasteiger charge is -2.23. The number of hydrogen-bond donors (Lipinski definition) is 0. The van der Waals surface area contributed by atoms with Gasteiger partial charge in [-0.25, -0.2) is 0 Å². The van der Waals surface area contributed by atoms with Crippen molar-refractivity contribution in [3.63, 3.8) is 0 Å². The van der Waals surface area contributed by atoms with Crippen LogP contribution in [0.2, 0.25) is 0 Å². The summed E-state index contributed by atoms with van der Waals surface area (Å²) in [5, 5.41) is 0. The maximum Gasteiger partial charge on any atom is 0.305 e. The largest absolute Gasteiger partial charge is 0.466 e. The minimum Gasteiger partial charge on any atom is -0.466 e. The summed E-state index contributed by atoms with van der Waals surface area (Å²) in [6.45, 7) is 14.9. The number of ether oxygens (including phenoxy) is 1. The van der Waals surface area contributed by atoms with E-state index in [0.717, 1.165) is 31.1 Å². The third-order valence-electron chi connectivity index (χ3n) is 12.9. The van der Waals surface area contributed by atoms with E-state index in [1.165, 1.54) is 251 Å². The smallest absolute Gasteiger partial charge is 0.305 e. The Morgan fingerprint density at radius 3 is 1.05 bits per heavy atom. The van der Waals surface area contributed by atoms with Crippen LogP contribution in [-0.4, -0.2) is 62.7 Å². The van der Waals surface area contributed by atoms with Gasteiger partial charge in [-0.3, -0.25) is 4.79 Å². The molecule has 0 aromatic carbocycles. The van der Waals surface area contributed by atoms with Gasteiger partial charge in [0.1, 0.15) is 0 Å². The second-order valence-electron chi connectivity index (χ2n) is 19.0. The number of carbonyl (C=O) groups excluding carboxylic acids is 1. The third-order valence-corrected chi connectivity index (χ3v) is 12.9. The van der Waals surface area contributed by atoms with E-state index in [4.69, 9.17) is 4.74 Å². The highest BCUT2D eigenvalue weighted by Crippen LogP contribution is 2.25. The van der Waals surface area contributed by atoms with E-state index < -0.39 is 0 Å². The predicted molar refractivity (Wildman–Crippen MR) is 256 cm³/mol. The Morgan fingerprint density at radius 2 is 0.667 bits per heavy atom. The molecule has 57 heavy (non-hydrogen) atoms. The SMILES string of the molecule is CCCCCCC(CCCCCC)CCCCCCCCCCN(CCCCCCCC(=O)OCCCC(CCCCCC)CCCCCC)CCCCN(C)C. The van der Waals surface area contributed by atoms with Gasteiger partial charge in [-0.05, 0) is 97.1 Å². The molecular formula is C53H108N2O2. The van der Waals surface area contributed by atoms with Gasteiger partial charge in [0.2, 0.25) is 0 Å². The summed E-state index contributed by atoms with van der Waals surface area (Å²) in [4.78, 5) is 17.5. The number of rotatable bonds is 48. The Hall–Kier alpha value is -0.610. The van der Waals surface area contributed by atoms with Crippen LogP contribution in [0.4, 0.5) is 0 Å². The highest BCUT2D eigenvalue weighted by atomic mass is 16.5. The van der Waals surface area contributed by atoms with Gasteiger partial charge in [0.15, 0.2) is 0 Å². The molecule has 0 aliphatic heterocycles. The molecule has 0 unspecified atom stereocenters. The summed E-state index contributed by atoms with van der Waals surface area (Å²) in [6, 6.07) is 0. The molecule has 0 radical (unpaired) electrons. The summed E-state index contributed by atoms with van der Waals surface area (Å²) in [7, 11) is 4.39. The van der Waals surface area contributed by atoms with Crippen molar-refractivity contribution in [2.45, 2.75) is 278 Å². The predicted octanol–water partition coefficient (Wildman–Crippen LogP) is 16.9. The third kappa shape index (κ3) is 43.3. The standard InChI is InChI=1S/C53H108N2O2/c1-7-11-15-28-39-51(40-29-16-12-8-2)43-32-24-21-19-20-22-26-34-47-55(49-37-36-46-54(5)6)48-35-27-23-25-33-45-53(56)57-50-38-44-52(41-30-17-13-9-3)42-31-18-14-10-4/h51-52H,7-50H2,1-6H3. The Balaban J connectivity index is 4.16. The number of esters is 1. The first-order valence-corrected chi connectivity index (χ1v) is 26.5. The summed E-state index contributed by atoms with van der Waals surface area (Å²) in [5.74, 6) is 1.87. The minimum absolute atomic E-state index is 0.0338. The summed E-state index contributed by atoms with van der Waals surface area (Å²) >= 11 is 0. The lowest BCUT2D eigenvalue weighted by atomic mass is 9.89. The van der Waals surface area contributed by atoms with Crippen LogP contribution in [0, 0.1) is 11.8 Å². The van der Waals surface area contributed by atoms with Crippen LogP contribution in [0.3, 0.4) is 0 Å². The fourth-order valence-corrected chi connectivity index (χ4v) is 9.00. The molecule has 0 bridgehead atoms. The van der Waals surface area contributed by atoms with Gasteiger partial charge in [-0.1, -0.05) is 227 Å². The zero-order chi connectivity index (χ0) is 41.7. The molecule has 0 aromatic rings. The van der Waals surface area contributed by atoms with Crippen molar-refractivity contribution in [1.29, 1.82) is 0 Å². The van der Waals surface area contributed by atoms with Crippen LogP contribution < -0.4 is 0 Å². The zero-order valence-electron chi connectivity index (χ0n) is 40.5. The molecule has 0 fully saturated rings. The topological polar surface area (TPSA) is 32.8 Å². The van der Waals surface area contributed by atoms with Crippen molar-refractivity contribution in [3.05, 3.63) is 0 Å². The van der Waals surface area contributed by atoms with E-state index >= 15 is 0 Å². The lowest BCUT2D eigenvalue weighted by Crippen LogP contribution is -2.28. The molecule has 0 saturated heterocycles. The van der Waals surface area contributed by atoms with E-state index in [1.807, 2.05) is 0 Å². The van der Waals surface area contributed by atoms with Crippen LogP contribution in [0.25, 0.3) is 0 Å². The second-order valence-corrected chi connectivity index (χ2v) is 19.0. The van der Waals surface area contributed by atoms with Gasteiger partial charge in [-0.2, -0.15) is 0 Å². The molecule has 0 aromatic heterocycles. The van der Waals surface area contributed by atoms with Crippen molar-refractivity contribution in [2.75, 3.05) is 46.9 Å². The average molecular weight is 805 g/mol. The first-order chi connectivity index (χ1) is 28.0. The molecule has 0 aliphatic rings. The van der Waals surface area contributed by atoms with Crippen molar-refractivity contribution in [3.8, 4) is 0 Å². The molecule has 4 heteroatoms. The van der Waals surface area contributed by atoms with E-state index in [2.05, 4.69) is 51.6 Å².